The lowest BCUT2D eigenvalue weighted by atomic mass is 10.1. The van der Waals surface area contributed by atoms with Gasteiger partial charge in [-0.15, -0.1) is 0 Å². The Kier molecular flexibility index (Phi) is 5.08. The van der Waals surface area contributed by atoms with Crippen molar-refractivity contribution in [3.63, 3.8) is 0 Å². The third-order valence-corrected chi connectivity index (χ3v) is 6.99. The van der Waals surface area contributed by atoms with Gasteiger partial charge in [-0.05, 0) is 68.7 Å². The lowest BCUT2D eigenvalue weighted by Gasteiger charge is -2.18. The van der Waals surface area contributed by atoms with Gasteiger partial charge in [0.25, 0.3) is 0 Å². The molecule has 1 aromatic carbocycles. The highest BCUT2D eigenvalue weighted by molar-refractivity contribution is 5.94. The van der Waals surface area contributed by atoms with Gasteiger partial charge in [0.2, 0.25) is 0 Å². The topological polar surface area (TPSA) is 53.6 Å². The number of aryl methyl sites for hydroxylation is 1. The number of hydrogen-bond donors (Lipinski definition) is 1. The molecule has 4 nitrogen and oxygen atoms in total. The van der Waals surface area contributed by atoms with Crippen LogP contribution >= 0.6 is 0 Å². The largest absolute Gasteiger partial charge is 0.335 e. The fourth-order valence-electron chi connectivity index (χ4n) is 5.04. The Bertz CT molecular complexity index is 1090. The Morgan fingerprint density at radius 1 is 1.17 bits per heavy atom. The maximum Gasteiger partial charge on any atom is 0.102 e. The van der Waals surface area contributed by atoms with E-state index in [1.54, 1.807) is 0 Å². The number of pyridine rings is 1. The van der Waals surface area contributed by atoms with Crippen molar-refractivity contribution in [2.75, 3.05) is 0 Å². The fraction of sp³-hybridized carbons (Fsp3) is 0.462. The second kappa shape index (κ2) is 7.89. The number of aromatic nitrogens is 2. The summed E-state index contributed by atoms with van der Waals surface area (Å²) in [6.45, 7) is 5.25. The van der Waals surface area contributed by atoms with E-state index in [1.807, 2.05) is 6.20 Å². The highest BCUT2D eigenvalue weighted by Gasteiger charge is 2.28. The van der Waals surface area contributed by atoms with Crippen LogP contribution < -0.4 is 5.32 Å². The highest BCUT2D eigenvalue weighted by atomic mass is 15.0. The van der Waals surface area contributed by atoms with Crippen LogP contribution in [-0.2, 0) is 6.54 Å². The molecule has 1 atom stereocenters. The van der Waals surface area contributed by atoms with Gasteiger partial charge in [-0.1, -0.05) is 31.0 Å². The van der Waals surface area contributed by atoms with Gasteiger partial charge >= 0.3 is 0 Å². The summed E-state index contributed by atoms with van der Waals surface area (Å²) in [5.41, 5.74) is 6.28. The van der Waals surface area contributed by atoms with Crippen LogP contribution in [-0.4, -0.2) is 15.6 Å². The summed E-state index contributed by atoms with van der Waals surface area (Å²) < 4.78 is 2.42. The van der Waals surface area contributed by atoms with Crippen LogP contribution in [0, 0.1) is 24.2 Å². The molecule has 0 radical (unpaired) electrons. The summed E-state index contributed by atoms with van der Waals surface area (Å²) in [6, 6.07) is 14.2. The van der Waals surface area contributed by atoms with Gasteiger partial charge in [0.15, 0.2) is 0 Å². The smallest absolute Gasteiger partial charge is 0.102 e. The molecule has 4 heteroatoms. The van der Waals surface area contributed by atoms with E-state index >= 15 is 0 Å². The van der Waals surface area contributed by atoms with Crippen molar-refractivity contribution in [2.24, 2.45) is 5.92 Å². The molecule has 154 valence electrons. The maximum atomic E-state index is 10.1. The number of rotatable bonds is 6. The molecule has 2 aliphatic carbocycles. The molecule has 0 aliphatic heterocycles. The van der Waals surface area contributed by atoms with Crippen molar-refractivity contribution in [3.05, 3.63) is 53.2 Å². The molecule has 5 rings (SSSR count). The van der Waals surface area contributed by atoms with E-state index in [9.17, 15) is 5.26 Å². The minimum atomic E-state index is 0.453. The molecule has 1 N–H and O–H groups in total. The lowest BCUT2D eigenvalue weighted by molar-refractivity contribution is 0.496. The second-order valence-electron chi connectivity index (χ2n) is 9.22. The summed E-state index contributed by atoms with van der Waals surface area (Å²) in [5, 5.41) is 14.7. The summed E-state index contributed by atoms with van der Waals surface area (Å²) in [4.78, 5) is 4.83. The van der Waals surface area contributed by atoms with Gasteiger partial charge in [0.05, 0.1) is 22.5 Å². The molecule has 2 fully saturated rings. The van der Waals surface area contributed by atoms with Crippen LogP contribution in [0.1, 0.15) is 68.2 Å². The van der Waals surface area contributed by atoms with Crippen molar-refractivity contribution >= 4 is 10.9 Å². The first-order valence-corrected chi connectivity index (χ1v) is 11.4. The zero-order chi connectivity index (χ0) is 20.7. The van der Waals surface area contributed by atoms with Gasteiger partial charge in [-0.25, -0.2) is 0 Å². The fourth-order valence-corrected chi connectivity index (χ4v) is 5.04. The molecule has 0 spiro atoms. The SMILES string of the molecule is Cc1ccc2c(C#N)c(-c3ccc(CNC(C)C4CC4)cn3)n(C3CCCC3)c2c1. The normalized spacial score (nSPS) is 18.0. The molecule has 2 saturated carbocycles. The van der Waals surface area contributed by atoms with E-state index < -0.39 is 0 Å². The van der Waals surface area contributed by atoms with Gasteiger partial charge in [-0.3, -0.25) is 4.98 Å². The summed E-state index contributed by atoms with van der Waals surface area (Å²) in [5.74, 6) is 0.848. The molecule has 0 saturated heterocycles. The van der Waals surface area contributed by atoms with Crippen molar-refractivity contribution in [1.29, 1.82) is 5.26 Å². The van der Waals surface area contributed by atoms with Crippen LogP contribution in [0.5, 0.6) is 0 Å². The van der Waals surface area contributed by atoms with Gasteiger partial charge in [-0.2, -0.15) is 5.26 Å². The van der Waals surface area contributed by atoms with Gasteiger partial charge in [0, 0.05) is 30.2 Å². The summed E-state index contributed by atoms with van der Waals surface area (Å²) in [6.07, 6.45) is 9.56. The minimum Gasteiger partial charge on any atom is -0.335 e. The lowest BCUT2D eigenvalue weighted by Crippen LogP contribution is -2.27. The molecule has 0 bridgehead atoms. The second-order valence-corrected chi connectivity index (χ2v) is 9.22. The summed E-state index contributed by atoms with van der Waals surface area (Å²) in [7, 11) is 0. The first-order valence-electron chi connectivity index (χ1n) is 11.4. The Hall–Kier alpha value is -2.64. The van der Waals surface area contributed by atoms with Crippen LogP contribution in [0.15, 0.2) is 36.5 Å². The third-order valence-electron chi connectivity index (χ3n) is 6.99. The first kappa shape index (κ1) is 19.3. The quantitative estimate of drug-likeness (QED) is 0.563. The maximum absolute atomic E-state index is 10.1. The first-order chi connectivity index (χ1) is 14.7. The van der Waals surface area contributed by atoms with Crippen molar-refractivity contribution in [2.45, 2.75) is 71.0 Å². The molecule has 1 unspecified atom stereocenters. The zero-order valence-electron chi connectivity index (χ0n) is 18.0. The van der Waals surface area contributed by atoms with Crippen molar-refractivity contribution in [1.82, 2.24) is 14.9 Å². The van der Waals surface area contributed by atoms with E-state index in [0.29, 0.717) is 12.1 Å². The number of hydrogen-bond acceptors (Lipinski definition) is 3. The van der Waals surface area contributed by atoms with Gasteiger partial charge in [0.1, 0.15) is 6.07 Å². The molecular weight excluding hydrogens is 368 g/mol. The van der Waals surface area contributed by atoms with Crippen molar-refractivity contribution < 1.29 is 0 Å². The average Bonchev–Trinajstić information content (AvgIpc) is 3.38. The standard InChI is InChI=1S/C26H30N4/c1-17-7-11-22-23(14-27)26(30(25(22)13-17)21-5-3-4-6-21)24-12-8-19(16-29-24)15-28-18(2)20-9-10-20/h7-8,11-13,16,18,20-21,28H,3-6,9-10,15H2,1-2H3. The van der Waals surface area contributed by atoms with Crippen LogP contribution in [0.2, 0.25) is 0 Å². The molecule has 2 heterocycles. The monoisotopic (exact) mass is 398 g/mol. The van der Waals surface area contributed by atoms with Crippen molar-refractivity contribution in [3.8, 4) is 17.5 Å². The molecule has 30 heavy (non-hydrogen) atoms. The number of nitriles is 1. The van der Waals surface area contributed by atoms with Crippen LogP contribution in [0.3, 0.4) is 0 Å². The molecule has 2 aromatic heterocycles. The third kappa shape index (κ3) is 3.52. The Morgan fingerprint density at radius 2 is 1.97 bits per heavy atom. The van der Waals surface area contributed by atoms with Crippen LogP contribution in [0.4, 0.5) is 0 Å². The van der Waals surface area contributed by atoms with E-state index in [2.05, 4.69) is 60.1 Å². The Labute approximate surface area is 178 Å². The highest BCUT2D eigenvalue weighted by Crippen LogP contribution is 2.41. The van der Waals surface area contributed by atoms with E-state index in [1.165, 1.54) is 55.2 Å². The Morgan fingerprint density at radius 3 is 2.63 bits per heavy atom. The summed E-state index contributed by atoms with van der Waals surface area (Å²) >= 11 is 0. The predicted octanol–water partition coefficient (Wildman–Crippen LogP) is 5.89. The van der Waals surface area contributed by atoms with Crippen LogP contribution in [0.25, 0.3) is 22.3 Å². The van der Waals surface area contributed by atoms with E-state index in [0.717, 1.165) is 34.8 Å². The average molecular weight is 399 g/mol. The van der Waals surface area contributed by atoms with Gasteiger partial charge < -0.3 is 9.88 Å². The number of nitrogens with one attached hydrogen (secondary N) is 1. The van der Waals surface area contributed by atoms with E-state index in [-0.39, 0.29) is 0 Å². The minimum absolute atomic E-state index is 0.453. The number of benzene rings is 1. The molecule has 0 amide bonds. The Balaban J connectivity index is 1.54. The molecule has 3 aromatic rings. The zero-order valence-corrected chi connectivity index (χ0v) is 18.0. The molecule has 2 aliphatic rings. The number of fused-ring (bicyclic) bond motifs is 1. The molecular formula is C26H30N4. The van der Waals surface area contributed by atoms with E-state index in [4.69, 9.17) is 4.98 Å². The number of nitrogens with zero attached hydrogens (tertiary/aromatic N) is 3. The predicted molar refractivity (Wildman–Crippen MR) is 121 cm³/mol.